The van der Waals surface area contributed by atoms with E-state index in [9.17, 15) is 0 Å². The van der Waals surface area contributed by atoms with Crippen LogP contribution in [0.1, 0.15) is 80.6 Å². The smallest absolute Gasteiger partial charge is 0.0602 e. The summed E-state index contributed by atoms with van der Waals surface area (Å²) in [5.41, 5.74) is 0.400. The Hall–Kier alpha value is -0.0800. The molecular formula is C18H36O2. The average Bonchev–Trinajstić information content (AvgIpc) is 2.67. The molecule has 2 heteroatoms. The van der Waals surface area contributed by atoms with Crippen molar-refractivity contribution in [1.29, 1.82) is 0 Å². The first-order valence-corrected chi connectivity index (χ1v) is 8.34. The SMILES string of the molecule is CC(CCC(C)(C)C)OCC1CCC(OC(C)(C)C)C1. The second-order valence-electron chi connectivity index (χ2n) is 8.77. The van der Waals surface area contributed by atoms with Crippen LogP contribution in [0.4, 0.5) is 0 Å². The van der Waals surface area contributed by atoms with Gasteiger partial charge in [0.15, 0.2) is 0 Å². The maximum atomic E-state index is 6.07. The van der Waals surface area contributed by atoms with Gasteiger partial charge in [-0.05, 0) is 71.1 Å². The Labute approximate surface area is 126 Å². The van der Waals surface area contributed by atoms with E-state index in [1.54, 1.807) is 0 Å². The summed E-state index contributed by atoms with van der Waals surface area (Å²) in [7, 11) is 0. The topological polar surface area (TPSA) is 18.5 Å². The van der Waals surface area contributed by atoms with E-state index in [0.29, 0.717) is 23.5 Å². The van der Waals surface area contributed by atoms with Gasteiger partial charge in [0.25, 0.3) is 0 Å². The minimum Gasteiger partial charge on any atom is -0.378 e. The third kappa shape index (κ3) is 8.26. The van der Waals surface area contributed by atoms with Crippen molar-refractivity contribution < 1.29 is 9.47 Å². The van der Waals surface area contributed by atoms with Gasteiger partial charge in [0.2, 0.25) is 0 Å². The monoisotopic (exact) mass is 284 g/mol. The zero-order valence-electron chi connectivity index (χ0n) is 14.8. The Kier molecular flexibility index (Phi) is 6.53. The van der Waals surface area contributed by atoms with Crippen LogP contribution >= 0.6 is 0 Å². The highest BCUT2D eigenvalue weighted by molar-refractivity contribution is 4.78. The third-order valence-electron chi connectivity index (χ3n) is 3.93. The fourth-order valence-corrected chi connectivity index (χ4v) is 2.81. The summed E-state index contributed by atoms with van der Waals surface area (Å²) in [6.45, 7) is 16.4. The summed E-state index contributed by atoms with van der Waals surface area (Å²) in [6.07, 6.45) is 6.84. The molecule has 0 amide bonds. The zero-order chi connectivity index (χ0) is 15.4. The molecule has 1 rings (SSSR count). The van der Waals surface area contributed by atoms with Gasteiger partial charge in [0, 0.05) is 6.61 Å². The maximum absolute atomic E-state index is 6.07. The minimum atomic E-state index is -0.0135. The van der Waals surface area contributed by atoms with Crippen molar-refractivity contribution in [2.45, 2.75) is 98.4 Å². The Bertz CT molecular complexity index is 272. The number of ether oxygens (including phenoxy) is 2. The summed E-state index contributed by atoms with van der Waals surface area (Å²) in [5, 5.41) is 0. The van der Waals surface area contributed by atoms with Gasteiger partial charge in [0.05, 0.1) is 17.8 Å². The fourth-order valence-electron chi connectivity index (χ4n) is 2.81. The Morgan fingerprint density at radius 3 is 2.25 bits per heavy atom. The van der Waals surface area contributed by atoms with Crippen LogP contribution in [-0.2, 0) is 9.47 Å². The van der Waals surface area contributed by atoms with E-state index < -0.39 is 0 Å². The molecule has 0 aromatic heterocycles. The molecule has 2 nitrogen and oxygen atoms in total. The van der Waals surface area contributed by atoms with Crippen LogP contribution in [0.5, 0.6) is 0 Å². The summed E-state index contributed by atoms with van der Waals surface area (Å²) in [4.78, 5) is 0. The Morgan fingerprint density at radius 2 is 1.70 bits per heavy atom. The maximum Gasteiger partial charge on any atom is 0.0602 e. The van der Waals surface area contributed by atoms with Gasteiger partial charge >= 0.3 is 0 Å². The molecule has 1 saturated carbocycles. The first-order chi connectivity index (χ1) is 9.05. The number of hydrogen-bond donors (Lipinski definition) is 0. The summed E-state index contributed by atoms with van der Waals surface area (Å²) < 4.78 is 12.1. The molecule has 1 aliphatic rings. The predicted octanol–water partition coefficient (Wildman–Crippen LogP) is 5.20. The highest BCUT2D eigenvalue weighted by Crippen LogP contribution is 2.31. The quantitative estimate of drug-likeness (QED) is 0.667. The van der Waals surface area contributed by atoms with Crippen molar-refractivity contribution in [3.63, 3.8) is 0 Å². The lowest BCUT2D eigenvalue weighted by molar-refractivity contribution is -0.0599. The van der Waals surface area contributed by atoms with Gasteiger partial charge in [-0.2, -0.15) is 0 Å². The van der Waals surface area contributed by atoms with Crippen LogP contribution in [0.15, 0.2) is 0 Å². The lowest BCUT2D eigenvalue weighted by Gasteiger charge is -2.25. The third-order valence-corrected chi connectivity index (χ3v) is 3.93. The molecule has 0 N–H and O–H groups in total. The van der Waals surface area contributed by atoms with Gasteiger partial charge in [-0.3, -0.25) is 0 Å². The standard InChI is InChI=1S/C18H36O2/c1-14(10-11-17(2,3)4)19-13-15-8-9-16(12-15)20-18(5,6)7/h14-16H,8-13H2,1-7H3. The van der Waals surface area contributed by atoms with E-state index >= 15 is 0 Å². The van der Waals surface area contributed by atoms with E-state index in [1.807, 2.05) is 0 Å². The Balaban J connectivity index is 2.17. The van der Waals surface area contributed by atoms with Crippen LogP contribution < -0.4 is 0 Å². The van der Waals surface area contributed by atoms with Crippen LogP contribution in [0.25, 0.3) is 0 Å². The summed E-state index contributed by atoms with van der Waals surface area (Å²) in [5.74, 6) is 0.694. The van der Waals surface area contributed by atoms with Crippen molar-refractivity contribution in [3.05, 3.63) is 0 Å². The molecule has 0 saturated heterocycles. The second-order valence-corrected chi connectivity index (χ2v) is 8.77. The first kappa shape index (κ1) is 18.0. The largest absolute Gasteiger partial charge is 0.378 e. The molecule has 0 aliphatic heterocycles. The molecule has 3 unspecified atom stereocenters. The van der Waals surface area contributed by atoms with Crippen molar-refractivity contribution in [3.8, 4) is 0 Å². The van der Waals surface area contributed by atoms with Crippen molar-refractivity contribution in [1.82, 2.24) is 0 Å². The van der Waals surface area contributed by atoms with E-state index in [4.69, 9.17) is 9.47 Å². The molecule has 0 bridgehead atoms. The second kappa shape index (κ2) is 7.26. The van der Waals surface area contributed by atoms with Crippen molar-refractivity contribution in [2.24, 2.45) is 11.3 Å². The lowest BCUT2D eigenvalue weighted by Crippen LogP contribution is -2.26. The van der Waals surface area contributed by atoms with Crippen molar-refractivity contribution >= 4 is 0 Å². The van der Waals surface area contributed by atoms with E-state index in [1.165, 1.54) is 25.7 Å². The van der Waals surface area contributed by atoms with Crippen molar-refractivity contribution in [2.75, 3.05) is 6.61 Å². The van der Waals surface area contributed by atoms with Crippen LogP contribution in [0, 0.1) is 11.3 Å². The predicted molar refractivity (Wildman–Crippen MR) is 86.1 cm³/mol. The highest BCUT2D eigenvalue weighted by atomic mass is 16.5. The zero-order valence-corrected chi connectivity index (χ0v) is 14.8. The molecule has 0 spiro atoms. The normalized spacial score (nSPS) is 25.9. The van der Waals surface area contributed by atoms with E-state index in [-0.39, 0.29) is 5.60 Å². The molecule has 120 valence electrons. The first-order valence-electron chi connectivity index (χ1n) is 8.34. The molecule has 20 heavy (non-hydrogen) atoms. The number of rotatable bonds is 6. The molecule has 0 aromatic rings. The van der Waals surface area contributed by atoms with Crippen LogP contribution in [0.3, 0.4) is 0 Å². The minimum absolute atomic E-state index is 0.0135. The molecule has 0 radical (unpaired) electrons. The Morgan fingerprint density at radius 1 is 1.05 bits per heavy atom. The summed E-state index contributed by atoms with van der Waals surface area (Å²) in [6, 6.07) is 0. The molecule has 1 aliphatic carbocycles. The molecule has 3 atom stereocenters. The number of hydrogen-bond acceptors (Lipinski definition) is 2. The van der Waals surface area contributed by atoms with Gasteiger partial charge in [-0.1, -0.05) is 20.8 Å². The summed E-state index contributed by atoms with van der Waals surface area (Å²) >= 11 is 0. The molecule has 0 aromatic carbocycles. The van der Waals surface area contributed by atoms with E-state index in [2.05, 4.69) is 48.5 Å². The lowest BCUT2D eigenvalue weighted by atomic mass is 9.89. The van der Waals surface area contributed by atoms with Gasteiger partial charge in [-0.25, -0.2) is 0 Å². The van der Waals surface area contributed by atoms with Gasteiger partial charge < -0.3 is 9.47 Å². The molecular weight excluding hydrogens is 248 g/mol. The van der Waals surface area contributed by atoms with Crippen LogP contribution in [0.2, 0.25) is 0 Å². The average molecular weight is 284 g/mol. The van der Waals surface area contributed by atoms with Gasteiger partial charge in [-0.15, -0.1) is 0 Å². The van der Waals surface area contributed by atoms with Gasteiger partial charge in [0.1, 0.15) is 0 Å². The fraction of sp³-hybridized carbons (Fsp3) is 1.00. The molecule has 1 fully saturated rings. The highest BCUT2D eigenvalue weighted by Gasteiger charge is 2.29. The van der Waals surface area contributed by atoms with Crippen LogP contribution in [-0.4, -0.2) is 24.4 Å². The van der Waals surface area contributed by atoms with E-state index in [0.717, 1.165) is 13.0 Å². The molecule has 0 heterocycles.